The van der Waals surface area contributed by atoms with Gasteiger partial charge >= 0.3 is 0 Å². The minimum Gasteiger partial charge on any atom is -0.375 e. The fourth-order valence-electron chi connectivity index (χ4n) is 1.52. The van der Waals surface area contributed by atoms with Crippen LogP contribution in [0.15, 0.2) is 12.5 Å². The van der Waals surface area contributed by atoms with Crippen molar-refractivity contribution < 1.29 is 4.74 Å². The number of aromatic nitrogens is 2. The SMILES string of the molecule is C[Si](C)(C)C(CCC#N)OCc1cnc[nH]1. The molecule has 0 aliphatic rings. The first-order valence-electron chi connectivity index (χ1n) is 5.50. The second kappa shape index (κ2) is 5.82. The van der Waals surface area contributed by atoms with Crippen LogP contribution in [0.4, 0.5) is 0 Å². The molecule has 1 atom stereocenters. The normalized spacial score (nSPS) is 13.4. The van der Waals surface area contributed by atoms with Crippen LogP contribution in [0.1, 0.15) is 18.5 Å². The molecule has 1 heterocycles. The summed E-state index contributed by atoms with van der Waals surface area (Å²) < 4.78 is 5.89. The molecule has 0 fully saturated rings. The number of imidazole rings is 1. The molecule has 0 saturated heterocycles. The Bertz CT molecular complexity index is 337. The van der Waals surface area contributed by atoms with E-state index < -0.39 is 8.07 Å². The van der Waals surface area contributed by atoms with E-state index in [2.05, 4.69) is 35.7 Å². The molecule has 5 heteroatoms. The first kappa shape index (κ1) is 12.9. The van der Waals surface area contributed by atoms with Crippen LogP contribution in [0, 0.1) is 11.3 Å². The topological polar surface area (TPSA) is 61.7 Å². The second-order valence-corrected chi connectivity index (χ2v) is 10.3. The lowest BCUT2D eigenvalue weighted by molar-refractivity contribution is 0.0797. The molecule has 0 aromatic carbocycles. The van der Waals surface area contributed by atoms with Gasteiger partial charge in [0.1, 0.15) is 0 Å². The average molecular weight is 237 g/mol. The quantitative estimate of drug-likeness (QED) is 0.773. The second-order valence-electron chi connectivity index (χ2n) is 4.94. The maximum atomic E-state index is 8.63. The zero-order valence-corrected chi connectivity index (χ0v) is 11.2. The fourth-order valence-corrected chi connectivity index (χ4v) is 3.11. The monoisotopic (exact) mass is 237 g/mol. The Kier molecular flexibility index (Phi) is 4.71. The van der Waals surface area contributed by atoms with Crippen LogP contribution in [0.3, 0.4) is 0 Å². The molecule has 4 nitrogen and oxygen atoms in total. The van der Waals surface area contributed by atoms with Gasteiger partial charge in [-0.25, -0.2) is 4.98 Å². The highest BCUT2D eigenvalue weighted by Gasteiger charge is 2.27. The highest BCUT2D eigenvalue weighted by molar-refractivity contribution is 6.77. The molecule has 0 bridgehead atoms. The largest absolute Gasteiger partial charge is 0.375 e. The van der Waals surface area contributed by atoms with E-state index in [0.717, 1.165) is 12.1 Å². The summed E-state index contributed by atoms with van der Waals surface area (Å²) in [6, 6.07) is 2.19. The summed E-state index contributed by atoms with van der Waals surface area (Å²) in [4.78, 5) is 6.96. The van der Waals surface area contributed by atoms with Crippen molar-refractivity contribution in [1.29, 1.82) is 5.26 Å². The number of rotatable bonds is 6. The highest BCUT2D eigenvalue weighted by atomic mass is 28.3. The van der Waals surface area contributed by atoms with Crippen molar-refractivity contribution in [3.63, 3.8) is 0 Å². The van der Waals surface area contributed by atoms with Crippen molar-refractivity contribution in [3.05, 3.63) is 18.2 Å². The van der Waals surface area contributed by atoms with E-state index in [9.17, 15) is 0 Å². The molecule has 1 aromatic rings. The van der Waals surface area contributed by atoms with E-state index >= 15 is 0 Å². The Hall–Kier alpha value is -1.12. The number of nitrogens with one attached hydrogen (secondary N) is 1. The molecule has 0 radical (unpaired) electrons. The summed E-state index contributed by atoms with van der Waals surface area (Å²) in [5.41, 5.74) is 1.22. The third kappa shape index (κ3) is 4.17. The zero-order chi connectivity index (χ0) is 12.0. The standard InChI is InChI=1S/C11H19N3OSi/c1-16(2,3)11(5-4-6-12)15-8-10-7-13-9-14-10/h7,9,11H,4-5,8H2,1-3H3,(H,13,14). The summed E-state index contributed by atoms with van der Waals surface area (Å²) in [5.74, 6) is 0. The van der Waals surface area contributed by atoms with Crippen LogP contribution in [0.5, 0.6) is 0 Å². The van der Waals surface area contributed by atoms with Crippen LogP contribution in [-0.2, 0) is 11.3 Å². The molecule has 0 aliphatic heterocycles. The van der Waals surface area contributed by atoms with Crippen molar-refractivity contribution in [1.82, 2.24) is 9.97 Å². The Morgan fingerprint density at radius 2 is 2.31 bits per heavy atom. The number of aromatic amines is 1. The lowest BCUT2D eigenvalue weighted by atomic mass is 10.3. The van der Waals surface area contributed by atoms with Crippen molar-refractivity contribution in [2.75, 3.05) is 0 Å². The number of H-pyrrole nitrogens is 1. The molecule has 0 spiro atoms. The molecule has 0 aliphatic carbocycles. The van der Waals surface area contributed by atoms with Crippen LogP contribution in [0.25, 0.3) is 0 Å². The molecule has 0 saturated carbocycles. The minimum absolute atomic E-state index is 0.232. The summed E-state index contributed by atoms with van der Waals surface area (Å²) in [7, 11) is -1.36. The molecule has 88 valence electrons. The van der Waals surface area contributed by atoms with Gasteiger partial charge in [0.25, 0.3) is 0 Å². The van der Waals surface area contributed by atoms with Crippen molar-refractivity contribution in [3.8, 4) is 6.07 Å². The Morgan fingerprint density at radius 3 is 2.81 bits per heavy atom. The fraction of sp³-hybridized carbons (Fsp3) is 0.636. The number of nitriles is 1. The van der Waals surface area contributed by atoms with Crippen molar-refractivity contribution in [2.24, 2.45) is 0 Å². The van der Waals surface area contributed by atoms with Gasteiger partial charge in [-0.3, -0.25) is 0 Å². The number of ether oxygens (including phenoxy) is 1. The first-order valence-corrected chi connectivity index (χ1v) is 9.07. The molecule has 1 rings (SSSR count). The number of hydrogen-bond acceptors (Lipinski definition) is 3. The molecule has 0 amide bonds. The minimum atomic E-state index is -1.36. The number of hydrogen-bond donors (Lipinski definition) is 1. The first-order chi connectivity index (χ1) is 7.54. The molecule has 16 heavy (non-hydrogen) atoms. The van der Waals surface area contributed by atoms with Crippen molar-refractivity contribution >= 4 is 8.07 Å². The molecular weight excluding hydrogens is 218 g/mol. The van der Waals surface area contributed by atoms with Gasteiger partial charge in [0.15, 0.2) is 0 Å². The summed E-state index contributed by atoms with van der Waals surface area (Å²) in [6.45, 7) is 7.35. The van der Waals surface area contributed by atoms with Crippen LogP contribution in [0.2, 0.25) is 19.6 Å². The van der Waals surface area contributed by atoms with E-state index in [1.165, 1.54) is 0 Å². The van der Waals surface area contributed by atoms with E-state index in [4.69, 9.17) is 10.00 Å². The van der Waals surface area contributed by atoms with Gasteiger partial charge in [-0.05, 0) is 6.42 Å². The maximum Gasteiger partial charge on any atom is 0.0922 e. The number of nitrogens with zero attached hydrogens (tertiary/aromatic N) is 2. The Morgan fingerprint density at radius 1 is 1.56 bits per heavy atom. The van der Waals surface area contributed by atoms with Gasteiger partial charge in [0.05, 0.1) is 39.0 Å². The highest BCUT2D eigenvalue weighted by Crippen LogP contribution is 2.17. The van der Waals surface area contributed by atoms with Gasteiger partial charge in [0, 0.05) is 12.1 Å². The van der Waals surface area contributed by atoms with Gasteiger partial charge in [-0.2, -0.15) is 5.26 Å². The molecule has 1 aromatic heterocycles. The smallest absolute Gasteiger partial charge is 0.0922 e. The Balaban J connectivity index is 2.48. The predicted molar refractivity (Wildman–Crippen MR) is 65.4 cm³/mol. The summed E-state index contributed by atoms with van der Waals surface area (Å²) >= 11 is 0. The van der Waals surface area contributed by atoms with Crippen LogP contribution >= 0.6 is 0 Å². The molecular formula is C11H19N3OSi. The lowest BCUT2D eigenvalue weighted by Crippen LogP contribution is -2.40. The van der Waals surface area contributed by atoms with Gasteiger partial charge < -0.3 is 9.72 Å². The summed E-state index contributed by atoms with van der Waals surface area (Å²) in [5, 5.41) is 8.63. The third-order valence-electron chi connectivity index (χ3n) is 2.48. The lowest BCUT2D eigenvalue weighted by Gasteiger charge is -2.28. The van der Waals surface area contributed by atoms with Crippen LogP contribution < -0.4 is 0 Å². The summed E-state index contributed by atoms with van der Waals surface area (Å²) in [6.07, 6.45) is 4.82. The van der Waals surface area contributed by atoms with Gasteiger partial charge in [-0.15, -0.1) is 0 Å². The maximum absolute atomic E-state index is 8.63. The predicted octanol–water partition coefficient (Wildman–Crippen LogP) is 2.48. The molecule has 1 N–H and O–H groups in total. The van der Waals surface area contributed by atoms with Crippen LogP contribution in [-0.4, -0.2) is 23.8 Å². The Labute approximate surface area is 97.7 Å². The van der Waals surface area contributed by atoms with Gasteiger partial charge in [-0.1, -0.05) is 19.6 Å². The zero-order valence-electron chi connectivity index (χ0n) is 10.2. The van der Waals surface area contributed by atoms with E-state index in [1.54, 1.807) is 12.5 Å². The van der Waals surface area contributed by atoms with Crippen molar-refractivity contribution in [2.45, 2.75) is 44.8 Å². The van der Waals surface area contributed by atoms with E-state index in [0.29, 0.717) is 13.0 Å². The van der Waals surface area contributed by atoms with E-state index in [-0.39, 0.29) is 5.73 Å². The third-order valence-corrected chi connectivity index (χ3v) is 4.87. The molecule has 1 unspecified atom stereocenters. The van der Waals surface area contributed by atoms with E-state index in [1.807, 2.05) is 0 Å². The van der Waals surface area contributed by atoms with Gasteiger partial charge in [0.2, 0.25) is 0 Å². The average Bonchev–Trinajstić information content (AvgIpc) is 2.68.